The summed E-state index contributed by atoms with van der Waals surface area (Å²) in [5.41, 5.74) is 3.71. The molecule has 0 N–H and O–H groups in total. The van der Waals surface area contributed by atoms with Gasteiger partial charge in [-0.05, 0) is 53.3 Å². The first kappa shape index (κ1) is 17.5. The maximum absolute atomic E-state index is 6.34. The number of rotatable bonds is 5. The Balaban J connectivity index is 1.87. The van der Waals surface area contributed by atoms with E-state index in [0.29, 0.717) is 10.9 Å². The van der Waals surface area contributed by atoms with Gasteiger partial charge >= 0.3 is 0 Å². The van der Waals surface area contributed by atoms with Crippen molar-refractivity contribution in [3.8, 4) is 0 Å². The van der Waals surface area contributed by atoms with E-state index >= 15 is 0 Å². The number of aromatic nitrogens is 2. The lowest BCUT2D eigenvalue weighted by atomic mass is 9.90. The molecule has 0 amide bonds. The first-order valence-corrected chi connectivity index (χ1v) is 9.26. The number of halogens is 3. The maximum Gasteiger partial charge on any atom is 0.0949 e. The highest BCUT2D eigenvalue weighted by Crippen LogP contribution is 2.30. The summed E-state index contributed by atoms with van der Waals surface area (Å²) >= 11 is 15.9. The molecule has 24 heavy (non-hydrogen) atoms. The molecule has 0 saturated heterocycles. The fraction of sp³-hybridized carbons (Fsp3) is 0.211. The molecule has 0 radical (unpaired) electrons. The molecular formula is C19H17BrCl2N2. The predicted octanol–water partition coefficient (Wildman–Crippen LogP) is 6.35. The van der Waals surface area contributed by atoms with Crippen LogP contribution in [0.3, 0.4) is 0 Å². The van der Waals surface area contributed by atoms with E-state index < -0.39 is 0 Å². The average molecular weight is 424 g/mol. The van der Waals surface area contributed by atoms with Crippen molar-refractivity contribution in [1.82, 2.24) is 9.55 Å². The molecule has 124 valence electrons. The van der Waals surface area contributed by atoms with Gasteiger partial charge in [0.2, 0.25) is 0 Å². The quantitative estimate of drug-likeness (QED) is 0.467. The van der Waals surface area contributed by atoms with E-state index in [1.807, 2.05) is 24.7 Å². The Morgan fingerprint density at radius 3 is 2.67 bits per heavy atom. The molecule has 5 heteroatoms. The fourth-order valence-electron chi connectivity index (χ4n) is 2.90. The summed E-state index contributed by atoms with van der Waals surface area (Å²) in [7, 11) is 0. The lowest BCUT2D eigenvalue weighted by Gasteiger charge is -2.18. The highest BCUT2D eigenvalue weighted by atomic mass is 79.9. The van der Waals surface area contributed by atoms with Gasteiger partial charge in [0.15, 0.2) is 0 Å². The van der Waals surface area contributed by atoms with E-state index in [1.165, 1.54) is 11.1 Å². The highest BCUT2D eigenvalue weighted by Gasteiger charge is 2.14. The minimum atomic E-state index is 0.343. The number of benzene rings is 2. The van der Waals surface area contributed by atoms with Crippen LogP contribution in [0.15, 0.2) is 59.6 Å². The number of imidazole rings is 1. The Bertz CT molecular complexity index is 831. The minimum absolute atomic E-state index is 0.343. The van der Waals surface area contributed by atoms with Gasteiger partial charge in [0.05, 0.1) is 6.33 Å². The van der Waals surface area contributed by atoms with Crippen LogP contribution < -0.4 is 0 Å². The standard InChI is InChI=1S/C19H17BrCl2N2/c1-13(8-14-2-4-17(21)10-19(14)22)18-5-3-16(20)9-15(18)11-24-7-6-23-12-24/h2-7,9-10,12-13H,8,11H2,1H3. The van der Waals surface area contributed by atoms with Gasteiger partial charge in [0.25, 0.3) is 0 Å². The lowest BCUT2D eigenvalue weighted by molar-refractivity contribution is 0.720. The SMILES string of the molecule is CC(Cc1ccc(Cl)cc1Cl)c1ccc(Br)cc1Cn1ccnc1. The first-order chi connectivity index (χ1) is 11.5. The molecule has 0 aliphatic carbocycles. The second-order valence-corrected chi connectivity index (χ2v) is 7.68. The van der Waals surface area contributed by atoms with Crippen molar-refractivity contribution >= 4 is 39.1 Å². The van der Waals surface area contributed by atoms with Crippen molar-refractivity contribution < 1.29 is 0 Å². The van der Waals surface area contributed by atoms with Crippen LogP contribution in [0.25, 0.3) is 0 Å². The fourth-order valence-corrected chi connectivity index (χ4v) is 3.79. The van der Waals surface area contributed by atoms with Gasteiger partial charge in [-0.1, -0.05) is 58.2 Å². The summed E-state index contributed by atoms with van der Waals surface area (Å²) in [6, 6.07) is 12.2. The summed E-state index contributed by atoms with van der Waals surface area (Å²) in [5.74, 6) is 0.343. The Labute approximate surface area is 160 Å². The molecule has 1 aromatic heterocycles. The molecule has 0 saturated carbocycles. The third-order valence-electron chi connectivity index (χ3n) is 4.09. The van der Waals surface area contributed by atoms with E-state index in [1.54, 1.807) is 12.3 Å². The molecule has 0 spiro atoms. The van der Waals surface area contributed by atoms with Gasteiger partial charge < -0.3 is 4.57 Å². The molecule has 0 aliphatic heterocycles. The molecule has 1 unspecified atom stereocenters. The monoisotopic (exact) mass is 422 g/mol. The van der Waals surface area contributed by atoms with Gasteiger partial charge in [-0.25, -0.2) is 4.98 Å². The van der Waals surface area contributed by atoms with Crippen molar-refractivity contribution in [3.05, 3.63) is 86.3 Å². The summed E-state index contributed by atoms with van der Waals surface area (Å²) in [6.07, 6.45) is 6.49. The van der Waals surface area contributed by atoms with Crippen molar-refractivity contribution in [1.29, 1.82) is 0 Å². The predicted molar refractivity (Wildman–Crippen MR) is 104 cm³/mol. The van der Waals surface area contributed by atoms with Crippen LogP contribution in [0.4, 0.5) is 0 Å². The Hall–Kier alpha value is -1.29. The van der Waals surface area contributed by atoms with Crippen LogP contribution in [0.1, 0.15) is 29.5 Å². The molecule has 2 aromatic carbocycles. The average Bonchev–Trinajstić information content (AvgIpc) is 3.03. The summed E-state index contributed by atoms with van der Waals surface area (Å²) in [4.78, 5) is 4.12. The molecule has 0 fully saturated rings. The van der Waals surface area contributed by atoms with E-state index in [2.05, 4.69) is 50.6 Å². The normalized spacial score (nSPS) is 12.3. The zero-order valence-electron chi connectivity index (χ0n) is 13.2. The van der Waals surface area contributed by atoms with Crippen LogP contribution in [-0.4, -0.2) is 9.55 Å². The van der Waals surface area contributed by atoms with Crippen LogP contribution in [0.5, 0.6) is 0 Å². The third-order valence-corrected chi connectivity index (χ3v) is 5.17. The molecule has 3 aromatic rings. The van der Waals surface area contributed by atoms with E-state index in [-0.39, 0.29) is 0 Å². The van der Waals surface area contributed by atoms with Crippen LogP contribution in [0, 0.1) is 0 Å². The number of hydrogen-bond acceptors (Lipinski definition) is 1. The molecule has 0 bridgehead atoms. The first-order valence-electron chi connectivity index (χ1n) is 7.71. The summed E-state index contributed by atoms with van der Waals surface area (Å²) in [6.45, 7) is 3.03. The van der Waals surface area contributed by atoms with Gasteiger partial charge in [0.1, 0.15) is 0 Å². The Kier molecular flexibility index (Phi) is 5.65. The molecule has 0 aliphatic rings. The topological polar surface area (TPSA) is 17.8 Å². The van der Waals surface area contributed by atoms with Crippen molar-refractivity contribution in [2.24, 2.45) is 0 Å². The number of hydrogen-bond donors (Lipinski definition) is 0. The van der Waals surface area contributed by atoms with Gasteiger partial charge in [0, 0.05) is 33.5 Å². The van der Waals surface area contributed by atoms with Crippen LogP contribution >= 0.6 is 39.1 Å². The second-order valence-electron chi connectivity index (χ2n) is 5.92. The van der Waals surface area contributed by atoms with E-state index in [4.69, 9.17) is 23.2 Å². The third kappa shape index (κ3) is 4.21. The summed E-state index contributed by atoms with van der Waals surface area (Å²) < 4.78 is 3.16. The minimum Gasteiger partial charge on any atom is -0.333 e. The van der Waals surface area contributed by atoms with E-state index in [0.717, 1.165) is 28.0 Å². The zero-order chi connectivity index (χ0) is 17.1. The Morgan fingerprint density at radius 2 is 1.96 bits per heavy atom. The van der Waals surface area contributed by atoms with Crippen LogP contribution in [-0.2, 0) is 13.0 Å². The Morgan fingerprint density at radius 1 is 1.12 bits per heavy atom. The lowest BCUT2D eigenvalue weighted by Crippen LogP contribution is -2.06. The molecule has 3 rings (SSSR count). The zero-order valence-corrected chi connectivity index (χ0v) is 16.3. The maximum atomic E-state index is 6.34. The number of nitrogens with zero attached hydrogens (tertiary/aromatic N) is 2. The second kappa shape index (κ2) is 7.73. The van der Waals surface area contributed by atoms with Gasteiger partial charge in [-0.15, -0.1) is 0 Å². The molecular weight excluding hydrogens is 407 g/mol. The van der Waals surface area contributed by atoms with Crippen molar-refractivity contribution in [2.75, 3.05) is 0 Å². The van der Waals surface area contributed by atoms with Gasteiger partial charge in [-0.3, -0.25) is 0 Å². The van der Waals surface area contributed by atoms with Crippen LogP contribution in [0.2, 0.25) is 10.0 Å². The largest absolute Gasteiger partial charge is 0.333 e. The van der Waals surface area contributed by atoms with Crippen molar-refractivity contribution in [3.63, 3.8) is 0 Å². The molecule has 1 atom stereocenters. The van der Waals surface area contributed by atoms with Gasteiger partial charge in [-0.2, -0.15) is 0 Å². The molecule has 2 nitrogen and oxygen atoms in total. The highest BCUT2D eigenvalue weighted by molar-refractivity contribution is 9.10. The molecule has 1 heterocycles. The van der Waals surface area contributed by atoms with Crippen molar-refractivity contribution in [2.45, 2.75) is 25.8 Å². The smallest absolute Gasteiger partial charge is 0.0949 e. The van der Waals surface area contributed by atoms with E-state index in [9.17, 15) is 0 Å². The summed E-state index contributed by atoms with van der Waals surface area (Å²) in [5, 5.41) is 1.39.